The third-order valence-corrected chi connectivity index (χ3v) is 4.18. The zero-order valence-corrected chi connectivity index (χ0v) is 13.1. The van der Waals surface area contributed by atoms with Gasteiger partial charge in [-0.25, -0.2) is 4.98 Å². The lowest BCUT2D eigenvalue weighted by atomic mass is 9.86. The van der Waals surface area contributed by atoms with Crippen molar-refractivity contribution in [3.05, 3.63) is 28.0 Å². The lowest BCUT2D eigenvalue weighted by Crippen LogP contribution is -2.39. The average Bonchev–Trinajstić information content (AvgIpc) is 2.47. The van der Waals surface area contributed by atoms with Crippen molar-refractivity contribution in [2.45, 2.75) is 31.7 Å². The molecule has 7 heteroatoms. The third-order valence-electron chi connectivity index (χ3n) is 3.66. The van der Waals surface area contributed by atoms with Crippen LogP contribution in [0.4, 0.5) is 0 Å². The van der Waals surface area contributed by atoms with E-state index < -0.39 is 0 Å². The van der Waals surface area contributed by atoms with Crippen molar-refractivity contribution < 1.29 is 14.3 Å². The maximum atomic E-state index is 12.1. The minimum absolute atomic E-state index is 0.0325. The minimum atomic E-state index is -0.273. The third kappa shape index (κ3) is 4.08. The number of halogens is 2. The van der Waals surface area contributed by atoms with E-state index in [4.69, 9.17) is 27.9 Å². The zero-order valence-electron chi connectivity index (χ0n) is 11.6. The lowest BCUT2D eigenvalue weighted by molar-refractivity contribution is -0.146. The van der Waals surface area contributed by atoms with Crippen molar-refractivity contribution in [3.8, 4) is 0 Å². The lowest BCUT2D eigenvalue weighted by Gasteiger charge is -2.27. The van der Waals surface area contributed by atoms with Crippen molar-refractivity contribution in [1.29, 1.82) is 0 Å². The molecule has 1 saturated carbocycles. The van der Waals surface area contributed by atoms with Crippen molar-refractivity contribution in [1.82, 2.24) is 10.3 Å². The van der Waals surface area contributed by atoms with E-state index in [1.807, 2.05) is 0 Å². The van der Waals surface area contributed by atoms with E-state index in [0.29, 0.717) is 18.4 Å². The second-order valence-electron chi connectivity index (χ2n) is 5.03. The molecule has 1 aliphatic rings. The van der Waals surface area contributed by atoms with E-state index in [9.17, 15) is 9.59 Å². The summed E-state index contributed by atoms with van der Waals surface area (Å²) < 4.78 is 4.74. The van der Waals surface area contributed by atoms with Crippen LogP contribution >= 0.6 is 23.2 Å². The molecule has 1 amide bonds. The Kier molecular flexibility index (Phi) is 5.42. The van der Waals surface area contributed by atoms with Gasteiger partial charge in [-0.2, -0.15) is 0 Å². The summed E-state index contributed by atoms with van der Waals surface area (Å²) >= 11 is 11.7. The Balaban J connectivity index is 1.91. The molecule has 1 N–H and O–H groups in total. The van der Waals surface area contributed by atoms with E-state index in [1.54, 1.807) is 0 Å². The van der Waals surface area contributed by atoms with Crippen LogP contribution in [-0.4, -0.2) is 30.0 Å². The van der Waals surface area contributed by atoms with Crippen LogP contribution in [0.15, 0.2) is 12.3 Å². The Morgan fingerprint density at radius 3 is 2.52 bits per heavy atom. The van der Waals surface area contributed by atoms with Gasteiger partial charge in [0.15, 0.2) is 0 Å². The van der Waals surface area contributed by atoms with Crippen LogP contribution in [-0.2, 0) is 9.53 Å². The fourth-order valence-electron chi connectivity index (χ4n) is 2.48. The molecule has 5 nitrogen and oxygen atoms in total. The molecule has 0 unspecified atom stereocenters. The van der Waals surface area contributed by atoms with Gasteiger partial charge in [0.05, 0.1) is 23.6 Å². The highest BCUT2D eigenvalue weighted by atomic mass is 35.5. The molecule has 1 aromatic heterocycles. The molecule has 1 aliphatic carbocycles. The van der Waals surface area contributed by atoms with Gasteiger partial charge in [-0.3, -0.25) is 9.59 Å². The second kappa shape index (κ2) is 7.09. The number of hydrogen-bond donors (Lipinski definition) is 1. The monoisotopic (exact) mass is 330 g/mol. The normalized spacial score (nSPS) is 21.7. The number of pyridine rings is 1. The van der Waals surface area contributed by atoms with Crippen LogP contribution in [0.2, 0.25) is 10.2 Å². The first kappa shape index (κ1) is 16.0. The summed E-state index contributed by atoms with van der Waals surface area (Å²) in [7, 11) is 1.39. The van der Waals surface area contributed by atoms with Gasteiger partial charge in [-0.15, -0.1) is 0 Å². The number of rotatable bonds is 3. The summed E-state index contributed by atoms with van der Waals surface area (Å²) in [5.41, 5.74) is 0.302. The molecule has 0 aromatic carbocycles. The van der Waals surface area contributed by atoms with Gasteiger partial charge in [0.25, 0.3) is 5.91 Å². The fraction of sp³-hybridized carbons (Fsp3) is 0.500. The van der Waals surface area contributed by atoms with Crippen LogP contribution in [0.1, 0.15) is 36.0 Å². The quantitative estimate of drug-likeness (QED) is 0.683. The first-order chi connectivity index (χ1) is 10.0. The molecule has 0 radical (unpaired) electrons. The van der Waals surface area contributed by atoms with Gasteiger partial charge < -0.3 is 10.1 Å². The number of aromatic nitrogens is 1. The van der Waals surface area contributed by atoms with E-state index in [-0.39, 0.29) is 34.0 Å². The summed E-state index contributed by atoms with van der Waals surface area (Å²) in [5, 5.41) is 3.43. The van der Waals surface area contributed by atoms with Crippen molar-refractivity contribution in [2.75, 3.05) is 7.11 Å². The van der Waals surface area contributed by atoms with Crippen molar-refractivity contribution in [2.24, 2.45) is 5.92 Å². The largest absolute Gasteiger partial charge is 0.469 e. The Morgan fingerprint density at radius 1 is 1.29 bits per heavy atom. The molecule has 21 heavy (non-hydrogen) atoms. The SMILES string of the molecule is COC(=O)[C@H]1CC[C@H](NC(=O)c2cnc(Cl)cc2Cl)CC1. The number of carbonyl (C=O) groups excluding carboxylic acids is 2. The molecule has 0 bridgehead atoms. The van der Waals surface area contributed by atoms with Crippen LogP contribution in [0.3, 0.4) is 0 Å². The fourth-order valence-corrected chi connectivity index (χ4v) is 2.93. The number of nitrogens with one attached hydrogen (secondary N) is 1. The summed E-state index contributed by atoms with van der Waals surface area (Å²) in [4.78, 5) is 27.5. The van der Waals surface area contributed by atoms with Gasteiger partial charge in [0, 0.05) is 12.2 Å². The maximum Gasteiger partial charge on any atom is 0.308 e. The molecule has 0 saturated heterocycles. The standard InChI is InChI=1S/C14H16Cl2N2O3/c1-21-14(20)8-2-4-9(5-3-8)18-13(19)10-7-17-12(16)6-11(10)15/h6-9H,2-5H2,1H3,(H,18,19)/t8-,9-. The maximum absolute atomic E-state index is 12.1. The van der Waals surface area contributed by atoms with Crippen molar-refractivity contribution >= 4 is 35.1 Å². The Bertz CT molecular complexity index is 543. The predicted molar refractivity (Wildman–Crippen MR) is 79.5 cm³/mol. The minimum Gasteiger partial charge on any atom is -0.469 e. The Hall–Kier alpha value is -1.33. The molecule has 0 aliphatic heterocycles. The Labute approximate surface area is 133 Å². The summed E-state index contributed by atoms with van der Waals surface area (Å²) in [6.07, 6.45) is 4.27. The highest BCUT2D eigenvalue weighted by Crippen LogP contribution is 2.26. The van der Waals surface area contributed by atoms with E-state index in [2.05, 4.69) is 10.3 Å². The van der Waals surface area contributed by atoms with Gasteiger partial charge in [0.1, 0.15) is 5.15 Å². The molecular formula is C14H16Cl2N2O3. The summed E-state index contributed by atoms with van der Waals surface area (Å²) in [6, 6.07) is 1.47. The molecule has 114 valence electrons. The van der Waals surface area contributed by atoms with Crippen LogP contribution in [0.25, 0.3) is 0 Å². The number of hydrogen-bond acceptors (Lipinski definition) is 4. The highest BCUT2D eigenvalue weighted by Gasteiger charge is 2.28. The molecule has 0 atom stereocenters. The molecule has 0 spiro atoms. The highest BCUT2D eigenvalue weighted by molar-refractivity contribution is 6.36. The van der Waals surface area contributed by atoms with Gasteiger partial charge in [-0.05, 0) is 31.7 Å². The Morgan fingerprint density at radius 2 is 1.95 bits per heavy atom. The number of amides is 1. The van der Waals surface area contributed by atoms with Gasteiger partial charge in [0.2, 0.25) is 0 Å². The average molecular weight is 331 g/mol. The molecule has 2 rings (SSSR count). The smallest absolute Gasteiger partial charge is 0.308 e. The van der Waals surface area contributed by atoms with E-state index in [0.717, 1.165) is 12.8 Å². The topological polar surface area (TPSA) is 68.3 Å². The number of esters is 1. The zero-order chi connectivity index (χ0) is 15.4. The van der Waals surface area contributed by atoms with E-state index >= 15 is 0 Å². The number of nitrogens with zero attached hydrogens (tertiary/aromatic N) is 1. The van der Waals surface area contributed by atoms with Gasteiger partial charge >= 0.3 is 5.97 Å². The molecule has 1 heterocycles. The summed E-state index contributed by atoms with van der Waals surface area (Å²) in [5.74, 6) is -0.514. The van der Waals surface area contributed by atoms with Crippen LogP contribution in [0, 0.1) is 5.92 Å². The van der Waals surface area contributed by atoms with Crippen LogP contribution < -0.4 is 5.32 Å². The van der Waals surface area contributed by atoms with Crippen LogP contribution in [0.5, 0.6) is 0 Å². The number of ether oxygens (including phenoxy) is 1. The van der Waals surface area contributed by atoms with E-state index in [1.165, 1.54) is 19.4 Å². The summed E-state index contributed by atoms with van der Waals surface area (Å²) in [6.45, 7) is 0. The first-order valence-corrected chi connectivity index (χ1v) is 7.46. The molecule has 1 fully saturated rings. The van der Waals surface area contributed by atoms with Gasteiger partial charge in [-0.1, -0.05) is 23.2 Å². The molecule has 1 aromatic rings. The van der Waals surface area contributed by atoms with Crippen molar-refractivity contribution in [3.63, 3.8) is 0 Å². The molecular weight excluding hydrogens is 315 g/mol. The first-order valence-electron chi connectivity index (χ1n) is 6.71. The predicted octanol–water partition coefficient (Wildman–Crippen LogP) is 2.85. The number of methoxy groups -OCH3 is 1. The number of carbonyl (C=O) groups is 2. The second-order valence-corrected chi connectivity index (χ2v) is 5.83.